The SMILES string of the molecule is Cc1cc(C(=O)N2CCOC(C#N)C2)nn1C. The summed E-state index contributed by atoms with van der Waals surface area (Å²) in [6, 6.07) is 3.76. The lowest BCUT2D eigenvalue weighted by Gasteiger charge is -2.29. The van der Waals surface area contributed by atoms with Gasteiger partial charge in [0.2, 0.25) is 0 Å². The predicted molar refractivity (Wildman–Crippen MR) is 59.2 cm³/mol. The molecule has 0 N–H and O–H groups in total. The Kier molecular flexibility index (Phi) is 3.11. The monoisotopic (exact) mass is 234 g/mol. The summed E-state index contributed by atoms with van der Waals surface area (Å²) in [4.78, 5) is 13.7. The molecule has 6 nitrogen and oxygen atoms in total. The van der Waals surface area contributed by atoms with Gasteiger partial charge in [-0.05, 0) is 13.0 Å². The minimum Gasteiger partial charge on any atom is -0.360 e. The van der Waals surface area contributed by atoms with E-state index in [1.165, 1.54) is 0 Å². The molecule has 0 aliphatic carbocycles. The van der Waals surface area contributed by atoms with Crippen LogP contribution in [0.4, 0.5) is 0 Å². The van der Waals surface area contributed by atoms with Gasteiger partial charge in [0.05, 0.1) is 19.2 Å². The van der Waals surface area contributed by atoms with Crippen molar-refractivity contribution in [2.45, 2.75) is 13.0 Å². The zero-order valence-corrected chi connectivity index (χ0v) is 9.88. The molecule has 1 amide bonds. The van der Waals surface area contributed by atoms with Crippen LogP contribution < -0.4 is 0 Å². The summed E-state index contributed by atoms with van der Waals surface area (Å²) in [5, 5.41) is 12.9. The van der Waals surface area contributed by atoms with Gasteiger partial charge in [-0.2, -0.15) is 10.4 Å². The second-order valence-electron chi connectivity index (χ2n) is 4.03. The van der Waals surface area contributed by atoms with Gasteiger partial charge in [0.1, 0.15) is 0 Å². The summed E-state index contributed by atoms with van der Waals surface area (Å²) >= 11 is 0. The Morgan fingerprint density at radius 2 is 2.47 bits per heavy atom. The van der Waals surface area contributed by atoms with Gasteiger partial charge >= 0.3 is 0 Å². The average Bonchev–Trinajstić information content (AvgIpc) is 2.69. The van der Waals surface area contributed by atoms with E-state index in [0.29, 0.717) is 25.4 Å². The number of rotatable bonds is 1. The maximum absolute atomic E-state index is 12.1. The van der Waals surface area contributed by atoms with Crippen molar-refractivity contribution in [3.63, 3.8) is 0 Å². The van der Waals surface area contributed by atoms with Gasteiger partial charge in [0.25, 0.3) is 5.91 Å². The molecule has 1 aromatic heterocycles. The minimum absolute atomic E-state index is 0.141. The molecule has 2 heterocycles. The van der Waals surface area contributed by atoms with Gasteiger partial charge < -0.3 is 9.64 Å². The largest absolute Gasteiger partial charge is 0.360 e. The number of carbonyl (C=O) groups is 1. The first-order chi connectivity index (χ1) is 8.11. The highest BCUT2D eigenvalue weighted by atomic mass is 16.5. The Labute approximate surface area is 99.4 Å². The number of hydrogen-bond acceptors (Lipinski definition) is 4. The van der Waals surface area contributed by atoms with Crippen LogP contribution in [0.15, 0.2) is 6.07 Å². The normalized spacial score (nSPS) is 20.1. The van der Waals surface area contributed by atoms with Gasteiger partial charge in [-0.15, -0.1) is 0 Å². The molecule has 1 fully saturated rings. The number of aryl methyl sites for hydroxylation is 2. The van der Waals surface area contributed by atoms with Crippen molar-refractivity contribution in [2.24, 2.45) is 7.05 Å². The molecule has 1 atom stereocenters. The molecule has 6 heteroatoms. The standard InChI is InChI=1S/C11H14N4O2/c1-8-5-10(13-14(8)2)11(16)15-3-4-17-9(6-12)7-15/h5,9H,3-4,7H2,1-2H3. The van der Waals surface area contributed by atoms with E-state index >= 15 is 0 Å². The van der Waals surface area contributed by atoms with Crippen molar-refractivity contribution in [1.29, 1.82) is 5.26 Å². The number of morpholine rings is 1. The van der Waals surface area contributed by atoms with E-state index in [4.69, 9.17) is 10.00 Å². The fourth-order valence-corrected chi connectivity index (χ4v) is 1.74. The Balaban J connectivity index is 2.12. The van der Waals surface area contributed by atoms with Crippen LogP contribution >= 0.6 is 0 Å². The van der Waals surface area contributed by atoms with Gasteiger partial charge in [-0.3, -0.25) is 9.48 Å². The lowest BCUT2D eigenvalue weighted by molar-refractivity contribution is 0.00317. The Hall–Kier alpha value is -1.87. The summed E-state index contributed by atoms with van der Waals surface area (Å²) in [6.07, 6.45) is -0.530. The summed E-state index contributed by atoms with van der Waals surface area (Å²) in [5.74, 6) is -0.141. The quantitative estimate of drug-likeness (QED) is 0.690. The molecule has 0 radical (unpaired) electrons. The van der Waals surface area contributed by atoms with E-state index in [2.05, 4.69) is 5.10 Å². The molecule has 0 bridgehead atoms. The lowest BCUT2D eigenvalue weighted by atomic mass is 10.2. The second-order valence-corrected chi connectivity index (χ2v) is 4.03. The van der Waals surface area contributed by atoms with Gasteiger partial charge in [0, 0.05) is 19.3 Å². The highest BCUT2D eigenvalue weighted by molar-refractivity contribution is 5.92. The summed E-state index contributed by atoms with van der Waals surface area (Å²) in [6.45, 7) is 3.11. The Bertz CT molecular complexity index is 455. The van der Waals surface area contributed by atoms with Gasteiger partial charge in [-0.25, -0.2) is 0 Å². The van der Waals surface area contributed by atoms with Crippen LogP contribution in [0.5, 0.6) is 0 Å². The van der Waals surface area contributed by atoms with Crippen molar-refractivity contribution in [1.82, 2.24) is 14.7 Å². The molecule has 0 saturated carbocycles. The summed E-state index contributed by atoms with van der Waals surface area (Å²) < 4.78 is 6.85. The molecular weight excluding hydrogens is 220 g/mol. The van der Waals surface area contributed by atoms with Crippen molar-refractivity contribution < 1.29 is 9.53 Å². The third-order valence-corrected chi connectivity index (χ3v) is 2.83. The van der Waals surface area contributed by atoms with E-state index in [0.717, 1.165) is 5.69 Å². The van der Waals surface area contributed by atoms with E-state index in [-0.39, 0.29) is 5.91 Å². The average molecular weight is 234 g/mol. The van der Waals surface area contributed by atoms with Crippen LogP contribution in [0.2, 0.25) is 0 Å². The zero-order valence-electron chi connectivity index (χ0n) is 9.88. The lowest BCUT2D eigenvalue weighted by Crippen LogP contribution is -2.45. The van der Waals surface area contributed by atoms with Crippen molar-refractivity contribution in [3.05, 3.63) is 17.5 Å². The van der Waals surface area contributed by atoms with Crippen molar-refractivity contribution in [3.8, 4) is 6.07 Å². The minimum atomic E-state index is -0.530. The molecule has 2 rings (SSSR count). The number of carbonyl (C=O) groups excluding carboxylic acids is 1. The Morgan fingerprint density at radius 3 is 3.06 bits per heavy atom. The molecule has 90 valence electrons. The molecule has 1 unspecified atom stereocenters. The molecule has 0 spiro atoms. The van der Waals surface area contributed by atoms with E-state index in [1.54, 1.807) is 22.7 Å². The first-order valence-electron chi connectivity index (χ1n) is 5.43. The number of nitriles is 1. The van der Waals surface area contributed by atoms with Gasteiger partial charge in [0.15, 0.2) is 11.8 Å². The van der Waals surface area contributed by atoms with Gasteiger partial charge in [-0.1, -0.05) is 0 Å². The summed E-state index contributed by atoms with van der Waals surface area (Å²) in [7, 11) is 1.80. The molecule has 1 aliphatic rings. The van der Waals surface area contributed by atoms with E-state index < -0.39 is 6.10 Å². The highest BCUT2D eigenvalue weighted by Gasteiger charge is 2.26. The maximum Gasteiger partial charge on any atom is 0.274 e. The number of ether oxygens (including phenoxy) is 1. The maximum atomic E-state index is 12.1. The molecular formula is C11H14N4O2. The predicted octanol–water partition coefficient (Wildman–Crippen LogP) is 0.0931. The van der Waals surface area contributed by atoms with Crippen LogP contribution in [0.25, 0.3) is 0 Å². The third kappa shape index (κ3) is 2.29. The van der Waals surface area contributed by atoms with Crippen LogP contribution in [-0.2, 0) is 11.8 Å². The molecule has 1 saturated heterocycles. The van der Waals surface area contributed by atoms with Crippen LogP contribution in [0.1, 0.15) is 16.2 Å². The molecule has 17 heavy (non-hydrogen) atoms. The van der Waals surface area contributed by atoms with Crippen LogP contribution in [0.3, 0.4) is 0 Å². The fraction of sp³-hybridized carbons (Fsp3) is 0.545. The second kappa shape index (κ2) is 4.55. The van der Waals surface area contributed by atoms with Crippen LogP contribution in [0, 0.1) is 18.3 Å². The molecule has 1 aliphatic heterocycles. The number of amides is 1. The topological polar surface area (TPSA) is 71.2 Å². The van der Waals surface area contributed by atoms with Crippen molar-refractivity contribution in [2.75, 3.05) is 19.7 Å². The summed E-state index contributed by atoms with van der Waals surface area (Å²) in [5.41, 5.74) is 1.35. The van der Waals surface area contributed by atoms with E-state index in [1.807, 2.05) is 13.0 Å². The number of hydrogen-bond donors (Lipinski definition) is 0. The fourth-order valence-electron chi connectivity index (χ4n) is 1.74. The third-order valence-electron chi connectivity index (χ3n) is 2.83. The first-order valence-corrected chi connectivity index (χ1v) is 5.43. The van der Waals surface area contributed by atoms with Crippen molar-refractivity contribution >= 4 is 5.91 Å². The zero-order chi connectivity index (χ0) is 12.4. The van der Waals surface area contributed by atoms with E-state index in [9.17, 15) is 4.79 Å². The number of aromatic nitrogens is 2. The number of nitrogens with zero attached hydrogens (tertiary/aromatic N) is 4. The highest BCUT2D eigenvalue weighted by Crippen LogP contribution is 2.10. The first kappa shape index (κ1) is 11.6. The smallest absolute Gasteiger partial charge is 0.274 e. The van der Waals surface area contributed by atoms with Crippen LogP contribution in [-0.4, -0.2) is 46.4 Å². The molecule has 1 aromatic rings. The Morgan fingerprint density at radius 1 is 1.71 bits per heavy atom. The molecule has 0 aromatic carbocycles.